The van der Waals surface area contributed by atoms with Crippen molar-refractivity contribution in [3.8, 4) is 0 Å². The first kappa shape index (κ1) is 18.5. The molecule has 1 fully saturated rings. The molecule has 0 radical (unpaired) electrons. The van der Waals surface area contributed by atoms with Crippen molar-refractivity contribution in [2.24, 2.45) is 5.92 Å². The summed E-state index contributed by atoms with van der Waals surface area (Å²) in [6, 6.07) is 6.65. The number of hydrogen-bond donors (Lipinski definition) is 0. The highest BCUT2D eigenvalue weighted by atomic mass is 32.2. The molecule has 24 heavy (non-hydrogen) atoms. The van der Waals surface area contributed by atoms with Gasteiger partial charge in [0.15, 0.2) is 0 Å². The van der Waals surface area contributed by atoms with E-state index in [2.05, 4.69) is 0 Å². The summed E-state index contributed by atoms with van der Waals surface area (Å²) >= 11 is 6.33. The third-order valence-electron chi connectivity index (χ3n) is 3.68. The smallest absolute Gasteiger partial charge is 0.266 e. The molecule has 1 atom stereocenters. The molecule has 0 saturated carbocycles. The minimum absolute atomic E-state index is 0.249. The summed E-state index contributed by atoms with van der Waals surface area (Å²) in [6.07, 6.45) is 1.73. The van der Waals surface area contributed by atoms with Crippen molar-refractivity contribution < 1.29 is 14.7 Å². The van der Waals surface area contributed by atoms with E-state index >= 15 is 0 Å². The SMILES string of the molecule is CC(C)[C@@H](C(=O)[O-])N1C(=O)/C(=C\c2ccc(N(C)C)cc2)SC1=S. The van der Waals surface area contributed by atoms with Gasteiger partial charge >= 0.3 is 0 Å². The fourth-order valence-electron chi connectivity index (χ4n) is 2.42. The van der Waals surface area contributed by atoms with Gasteiger partial charge in [-0.1, -0.05) is 50.0 Å². The third kappa shape index (κ3) is 3.79. The zero-order valence-electron chi connectivity index (χ0n) is 14.0. The maximum atomic E-state index is 12.6. The summed E-state index contributed by atoms with van der Waals surface area (Å²) in [6.45, 7) is 3.45. The number of thioether (sulfide) groups is 1. The van der Waals surface area contributed by atoms with E-state index in [1.54, 1.807) is 19.9 Å². The van der Waals surface area contributed by atoms with E-state index in [0.29, 0.717) is 4.91 Å². The summed E-state index contributed by atoms with van der Waals surface area (Å²) in [7, 11) is 3.90. The number of benzene rings is 1. The van der Waals surface area contributed by atoms with Gasteiger partial charge < -0.3 is 14.8 Å². The van der Waals surface area contributed by atoms with Gasteiger partial charge in [-0.2, -0.15) is 0 Å². The number of aliphatic carboxylic acids is 1. The Morgan fingerprint density at radius 2 is 1.88 bits per heavy atom. The number of carbonyl (C=O) groups is 2. The lowest BCUT2D eigenvalue weighted by Crippen LogP contribution is -2.52. The molecule has 1 saturated heterocycles. The van der Waals surface area contributed by atoms with Gasteiger partial charge in [-0.3, -0.25) is 9.69 Å². The van der Waals surface area contributed by atoms with Crippen LogP contribution in [0.2, 0.25) is 0 Å². The first-order valence-electron chi connectivity index (χ1n) is 7.47. The summed E-state index contributed by atoms with van der Waals surface area (Å²) in [4.78, 5) is 27.5. The Morgan fingerprint density at radius 3 is 2.33 bits per heavy atom. The number of carbonyl (C=O) groups excluding carboxylic acids is 2. The van der Waals surface area contributed by atoms with Gasteiger partial charge in [-0.05, 0) is 29.7 Å². The molecule has 7 heteroatoms. The number of carboxylic acids is 1. The van der Waals surface area contributed by atoms with Gasteiger partial charge in [0.05, 0.1) is 16.9 Å². The van der Waals surface area contributed by atoms with Crippen LogP contribution in [0.3, 0.4) is 0 Å². The molecule has 0 aromatic heterocycles. The molecule has 0 bridgehead atoms. The Hall–Kier alpha value is -1.86. The van der Waals surface area contributed by atoms with Crippen LogP contribution in [0.5, 0.6) is 0 Å². The van der Waals surface area contributed by atoms with E-state index < -0.39 is 12.0 Å². The Balaban J connectivity index is 2.29. The molecule has 1 aliphatic rings. The van der Waals surface area contributed by atoms with Crippen LogP contribution in [0, 0.1) is 5.92 Å². The molecule has 0 spiro atoms. The predicted molar refractivity (Wildman–Crippen MR) is 99.4 cm³/mol. The molecule has 2 rings (SSSR count). The molecular weight excluding hydrogens is 344 g/mol. The van der Waals surface area contributed by atoms with E-state index in [1.165, 1.54) is 0 Å². The van der Waals surface area contributed by atoms with Crippen LogP contribution in [0.15, 0.2) is 29.2 Å². The number of hydrogen-bond acceptors (Lipinski definition) is 6. The van der Waals surface area contributed by atoms with Crippen molar-refractivity contribution in [1.82, 2.24) is 4.90 Å². The average Bonchev–Trinajstić information content (AvgIpc) is 2.75. The standard InChI is InChI=1S/C17H20N2O3S2/c1-10(2)14(16(21)22)19-15(20)13(24-17(19)23)9-11-5-7-12(8-6-11)18(3)4/h5-10,14H,1-4H3,(H,21,22)/p-1/b13-9+/t14-/m0/s1. The van der Waals surface area contributed by atoms with Crippen LogP contribution in [0.4, 0.5) is 5.69 Å². The second kappa shape index (κ2) is 7.36. The first-order chi connectivity index (χ1) is 11.2. The highest BCUT2D eigenvalue weighted by molar-refractivity contribution is 8.26. The first-order valence-corrected chi connectivity index (χ1v) is 8.70. The monoisotopic (exact) mass is 363 g/mol. The van der Waals surface area contributed by atoms with Crippen molar-refractivity contribution in [3.63, 3.8) is 0 Å². The van der Waals surface area contributed by atoms with Gasteiger partial charge in [0.25, 0.3) is 5.91 Å². The summed E-state index contributed by atoms with van der Waals surface area (Å²) in [5.41, 5.74) is 1.91. The minimum atomic E-state index is -1.29. The lowest BCUT2D eigenvalue weighted by atomic mass is 10.0. The number of nitrogens with zero attached hydrogens (tertiary/aromatic N) is 2. The molecule has 0 N–H and O–H groups in total. The number of anilines is 1. The maximum absolute atomic E-state index is 12.6. The molecule has 1 amide bonds. The van der Waals surface area contributed by atoms with Gasteiger partial charge in [-0.25, -0.2) is 0 Å². The normalized spacial score (nSPS) is 17.7. The van der Waals surface area contributed by atoms with Gasteiger partial charge in [0.2, 0.25) is 0 Å². The fraction of sp³-hybridized carbons (Fsp3) is 0.353. The van der Waals surface area contributed by atoms with Crippen molar-refractivity contribution in [1.29, 1.82) is 0 Å². The minimum Gasteiger partial charge on any atom is -0.548 e. The van der Waals surface area contributed by atoms with Crippen LogP contribution in [-0.2, 0) is 9.59 Å². The van der Waals surface area contributed by atoms with Crippen LogP contribution >= 0.6 is 24.0 Å². The van der Waals surface area contributed by atoms with Crippen molar-refractivity contribution >= 4 is 51.9 Å². The second-order valence-electron chi connectivity index (χ2n) is 6.05. The quantitative estimate of drug-likeness (QED) is 0.586. The third-order valence-corrected chi connectivity index (χ3v) is 5.01. The maximum Gasteiger partial charge on any atom is 0.266 e. The Morgan fingerprint density at radius 1 is 1.29 bits per heavy atom. The molecule has 0 aliphatic carbocycles. The highest BCUT2D eigenvalue weighted by Crippen LogP contribution is 2.35. The number of carboxylic acid groups (broad SMARTS) is 1. The topological polar surface area (TPSA) is 63.7 Å². The van der Waals surface area contributed by atoms with Gasteiger partial charge in [-0.15, -0.1) is 0 Å². The molecule has 1 aromatic carbocycles. The number of thiocarbonyl (C=S) groups is 1. The predicted octanol–water partition coefficient (Wildman–Crippen LogP) is 1.73. The van der Waals surface area contributed by atoms with Crippen LogP contribution < -0.4 is 10.0 Å². The van der Waals surface area contributed by atoms with Crippen molar-refractivity contribution in [2.45, 2.75) is 19.9 Å². The van der Waals surface area contributed by atoms with Crippen LogP contribution in [0.25, 0.3) is 6.08 Å². The summed E-state index contributed by atoms with van der Waals surface area (Å²) < 4.78 is 0.249. The highest BCUT2D eigenvalue weighted by Gasteiger charge is 2.38. The largest absolute Gasteiger partial charge is 0.548 e. The number of rotatable bonds is 5. The Bertz CT molecular complexity index is 696. The summed E-state index contributed by atoms with van der Waals surface area (Å²) in [5, 5.41) is 11.4. The molecule has 1 heterocycles. The van der Waals surface area contributed by atoms with E-state index in [4.69, 9.17) is 12.2 Å². The van der Waals surface area contributed by atoms with E-state index in [-0.39, 0.29) is 16.1 Å². The molecular formula is C17H19N2O3S2-. The van der Waals surface area contributed by atoms with E-state index in [9.17, 15) is 14.7 Å². The van der Waals surface area contributed by atoms with E-state index in [1.807, 2.05) is 43.3 Å². The average molecular weight is 363 g/mol. The fourth-order valence-corrected chi connectivity index (χ4v) is 3.74. The molecule has 5 nitrogen and oxygen atoms in total. The van der Waals surface area contributed by atoms with E-state index in [0.717, 1.165) is 27.9 Å². The molecule has 0 unspecified atom stereocenters. The zero-order chi connectivity index (χ0) is 18.0. The molecule has 128 valence electrons. The molecule has 1 aromatic rings. The van der Waals surface area contributed by atoms with Gasteiger partial charge in [0, 0.05) is 19.8 Å². The molecule has 1 aliphatic heterocycles. The van der Waals surface area contributed by atoms with Crippen LogP contribution in [0.1, 0.15) is 19.4 Å². The zero-order valence-corrected chi connectivity index (χ0v) is 15.6. The summed E-state index contributed by atoms with van der Waals surface area (Å²) in [5.74, 6) is -1.97. The van der Waals surface area contributed by atoms with Gasteiger partial charge in [0.1, 0.15) is 4.32 Å². The lowest BCUT2D eigenvalue weighted by Gasteiger charge is -2.30. The lowest BCUT2D eigenvalue weighted by molar-refractivity contribution is -0.311. The van der Waals surface area contributed by atoms with Crippen LogP contribution in [-0.4, -0.2) is 41.2 Å². The number of amides is 1. The van der Waals surface area contributed by atoms with Crippen molar-refractivity contribution in [2.75, 3.05) is 19.0 Å². The second-order valence-corrected chi connectivity index (χ2v) is 7.72. The Labute approximate surface area is 151 Å². The Kier molecular flexibility index (Phi) is 5.66. The van der Waals surface area contributed by atoms with Crippen molar-refractivity contribution in [3.05, 3.63) is 34.7 Å².